The number of carbonyl (C=O) groups is 1. The Bertz CT molecular complexity index is 1060. The Balaban J connectivity index is 1.70. The molecule has 6 nitrogen and oxygen atoms in total. The van der Waals surface area contributed by atoms with Crippen molar-refractivity contribution in [2.75, 3.05) is 20.2 Å². The van der Waals surface area contributed by atoms with Crippen LogP contribution in [0.3, 0.4) is 0 Å². The van der Waals surface area contributed by atoms with Gasteiger partial charge in [-0.15, -0.1) is 11.3 Å². The molecule has 1 aromatic heterocycles. The fourth-order valence-electron chi connectivity index (χ4n) is 4.81. The summed E-state index contributed by atoms with van der Waals surface area (Å²) < 4.78 is 33.9. The fraction of sp³-hybridized carbons (Fsp3) is 0.522. The summed E-state index contributed by atoms with van der Waals surface area (Å²) >= 11 is 1.74. The van der Waals surface area contributed by atoms with Crippen molar-refractivity contribution in [1.29, 1.82) is 0 Å². The molecule has 3 heterocycles. The van der Waals surface area contributed by atoms with Crippen molar-refractivity contribution in [3.8, 4) is 5.75 Å². The van der Waals surface area contributed by atoms with E-state index in [1.165, 1.54) is 23.6 Å². The monoisotopic (exact) mass is 462 g/mol. The lowest BCUT2D eigenvalue weighted by molar-refractivity contribution is 0.0657. The van der Waals surface area contributed by atoms with E-state index in [4.69, 9.17) is 4.74 Å². The van der Waals surface area contributed by atoms with Gasteiger partial charge in [0.25, 0.3) is 5.91 Å². The predicted molar refractivity (Wildman–Crippen MR) is 122 cm³/mol. The molecule has 1 fully saturated rings. The van der Waals surface area contributed by atoms with Gasteiger partial charge in [0.15, 0.2) is 0 Å². The van der Waals surface area contributed by atoms with E-state index in [9.17, 15) is 13.2 Å². The minimum atomic E-state index is -3.76. The Hall–Kier alpha value is -1.90. The zero-order chi connectivity index (χ0) is 22.2. The molecule has 1 aromatic carbocycles. The summed E-state index contributed by atoms with van der Waals surface area (Å²) in [6.45, 7) is 5.16. The second kappa shape index (κ2) is 8.92. The summed E-state index contributed by atoms with van der Waals surface area (Å²) in [6.07, 6.45) is 4.37. The molecule has 0 aliphatic carbocycles. The van der Waals surface area contributed by atoms with Crippen LogP contribution in [0.5, 0.6) is 5.75 Å². The van der Waals surface area contributed by atoms with E-state index >= 15 is 0 Å². The molecule has 0 saturated carbocycles. The zero-order valence-corrected chi connectivity index (χ0v) is 20.0. The molecule has 2 aromatic rings. The summed E-state index contributed by atoms with van der Waals surface area (Å²) in [5.74, 6) is 0.148. The van der Waals surface area contributed by atoms with Crippen molar-refractivity contribution in [2.24, 2.45) is 0 Å². The van der Waals surface area contributed by atoms with Crippen LogP contribution in [0.4, 0.5) is 0 Å². The van der Waals surface area contributed by atoms with Crippen LogP contribution in [0.25, 0.3) is 0 Å². The highest BCUT2D eigenvalue weighted by atomic mass is 32.2. The minimum absolute atomic E-state index is 0.0202. The first kappa shape index (κ1) is 22.3. The summed E-state index contributed by atoms with van der Waals surface area (Å²) in [5, 5.41) is 2.08. The van der Waals surface area contributed by atoms with Gasteiger partial charge < -0.3 is 9.64 Å². The lowest BCUT2D eigenvalue weighted by atomic mass is 9.97. The molecule has 4 rings (SSSR count). The molecule has 0 unspecified atom stereocenters. The third-order valence-electron chi connectivity index (χ3n) is 6.48. The number of thiophene rings is 1. The number of sulfonamides is 1. The highest BCUT2D eigenvalue weighted by molar-refractivity contribution is 7.89. The van der Waals surface area contributed by atoms with Crippen LogP contribution in [-0.4, -0.2) is 49.8 Å². The van der Waals surface area contributed by atoms with E-state index in [0.29, 0.717) is 18.7 Å². The van der Waals surface area contributed by atoms with Gasteiger partial charge in [0, 0.05) is 29.6 Å². The molecule has 2 aliphatic rings. The maximum atomic E-state index is 13.5. The SMILES string of the molecule is CC[C@H]1c2ccsc2CCN1C(=O)c1ccc(OC)c(S(=O)(=O)N2CCCC[C@H]2C)c1. The van der Waals surface area contributed by atoms with Gasteiger partial charge in [-0.05, 0) is 67.8 Å². The number of amides is 1. The van der Waals surface area contributed by atoms with E-state index in [-0.39, 0.29) is 28.6 Å². The summed E-state index contributed by atoms with van der Waals surface area (Å²) in [7, 11) is -2.30. The maximum Gasteiger partial charge on any atom is 0.254 e. The molecule has 31 heavy (non-hydrogen) atoms. The normalized spacial score (nSPS) is 22.2. The number of rotatable bonds is 5. The number of methoxy groups -OCH3 is 1. The first-order valence-corrected chi connectivity index (χ1v) is 13.3. The zero-order valence-electron chi connectivity index (χ0n) is 18.3. The number of hydrogen-bond acceptors (Lipinski definition) is 5. The van der Waals surface area contributed by atoms with Crippen LogP contribution in [0, 0.1) is 0 Å². The lowest BCUT2D eigenvalue weighted by Gasteiger charge is -2.36. The molecule has 8 heteroatoms. The number of hydrogen-bond donors (Lipinski definition) is 0. The Labute approximate surface area is 188 Å². The number of benzene rings is 1. The molecule has 1 amide bonds. The van der Waals surface area contributed by atoms with Crippen molar-refractivity contribution in [3.63, 3.8) is 0 Å². The molecular formula is C23H30N2O4S2. The molecule has 1 saturated heterocycles. The number of fused-ring (bicyclic) bond motifs is 1. The van der Waals surface area contributed by atoms with E-state index in [0.717, 1.165) is 32.1 Å². The van der Waals surface area contributed by atoms with E-state index in [2.05, 4.69) is 18.4 Å². The van der Waals surface area contributed by atoms with Crippen molar-refractivity contribution >= 4 is 27.3 Å². The lowest BCUT2D eigenvalue weighted by Crippen LogP contribution is -2.42. The van der Waals surface area contributed by atoms with Crippen LogP contribution >= 0.6 is 11.3 Å². The third kappa shape index (κ3) is 4.01. The van der Waals surface area contributed by atoms with Crippen LogP contribution in [0.2, 0.25) is 0 Å². The van der Waals surface area contributed by atoms with Gasteiger partial charge >= 0.3 is 0 Å². The number of nitrogens with zero attached hydrogens (tertiary/aromatic N) is 2. The van der Waals surface area contributed by atoms with Gasteiger partial charge in [-0.3, -0.25) is 4.79 Å². The second-order valence-corrected chi connectivity index (χ2v) is 11.2. The quantitative estimate of drug-likeness (QED) is 0.658. The summed E-state index contributed by atoms with van der Waals surface area (Å²) in [5.41, 5.74) is 1.61. The van der Waals surface area contributed by atoms with Gasteiger partial charge in [0.1, 0.15) is 10.6 Å². The Morgan fingerprint density at radius 3 is 2.74 bits per heavy atom. The van der Waals surface area contributed by atoms with Gasteiger partial charge in [-0.2, -0.15) is 4.31 Å². The topological polar surface area (TPSA) is 66.9 Å². The molecule has 0 N–H and O–H groups in total. The maximum absolute atomic E-state index is 13.5. The first-order chi connectivity index (χ1) is 14.9. The second-order valence-electron chi connectivity index (χ2n) is 8.30. The number of piperidine rings is 1. The minimum Gasteiger partial charge on any atom is -0.495 e. The molecule has 0 spiro atoms. The first-order valence-electron chi connectivity index (χ1n) is 11.0. The van der Waals surface area contributed by atoms with Crippen LogP contribution in [-0.2, 0) is 16.4 Å². The number of carbonyl (C=O) groups excluding carboxylic acids is 1. The van der Waals surface area contributed by atoms with Crippen LogP contribution < -0.4 is 4.74 Å². The third-order valence-corrected chi connectivity index (χ3v) is 9.51. The fourth-order valence-corrected chi connectivity index (χ4v) is 7.62. The van der Waals surface area contributed by atoms with Crippen molar-refractivity contribution in [3.05, 3.63) is 45.6 Å². The molecule has 2 atom stereocenters. The van der Waals surface area contributed by atoms with E-state index in [1.54, 1.807) is 27.8 Å². The number of ether oxygens (including phenoxy) is 1. The van der Waals surface area contributed by atoms with Crippen molar-refractivity contribution in [1.82, 2.24) is 9.21 Å². The Morgan fingerprint density at radius 1 is 1.23 bits per heavy atom. The molecule has 2 aliphatic heterocycles. The van der Waals surface area contributed by atoms with Gasteiger partial charge in [0.05, 0.1) is 13.2 Å². The molecule has 0 bridgehead atoms. The summed E-state index contributed by atoms with van der Waals surface area (Å²) in [4.78, 5) is 16.8. The van der Waals surface area contributed by atoms with E-state index in [1.807, 2.05) is 11.8 Å². The van der Waals surface area contributed by atoms with Crippen molar-refractivity contribution < 1.29 is 17.9 Å². The highest BCUT2D eigenvalue weighted by Crippen LogP contribution is 2.37. The molecular weight excluding hydrogens is 432 g/mol. The van der Waals surface area contributed by atoms with Crippen LogP contribution in [0.15, 0.2) is 34.5 Å². The standard InChI is InChI=1S/C23H30N2O4S2/c1-4-19-18-11-14-30-21(18)10-13-24(19)23(26)17-8-9-20(29-3)22(15-17)31(27,28)25-12-6-5-7-16(25)2/h8-9,11,14-16,19H,4-7,10,12-13H2,1-3H3/t16-,19+/m1/s1. The van der Waals surface area contributed by atoms with Crippen LogP contribution in [0.1, 0.15) is 66.4 Å². The Kier molecular flexibility index (Phi) is 6.42. The van der Waals surface area contributed by atoms with Gasteiger partial charge in [-0.1, -0.05) is 13.3 Å². The molecule has 168 valence electrons. The van der Waals surface area contributed by atoms with Gasteiger partial charge in [-0.25, -0.2) is 8.42 Å². The Morgan fingerprint density at radius 2 is 2.03 bits per heavy atom. The van der Waals surface area contributed by atoms with E-state index < -0.39 is 10.0 Å². The predicted octanol–water partition coefficient (Wildman–Crippen LogP) is 4.47. The summed E-state index contributed by atoms with van der Waals surface area (Å²) in [6, 6.07) is 6.85. The average molecular weight is 463 g/mol. The largest absolute Gasteiger partial charge is 0.495 e. The average Bonchev–Trinajstić information content (AvgIpc) is 3.26. The molecule has 0 radical (unpaired) electrons. The highest BCUT2D eigenvalue weighted by Gasteiger charge is 2.35. The van der Waals surface area contributed by atoms with Crippen molar-refractivity contribution in [2.45, 2.75) is 62.9 Å². The smallest absolute Gasteiger partial charge is 0.254 e. The van der Waals surface area contributed by atoms with Gasteiger partial charge in [0.2, 0.25) is 10.0 Å².